The van der Waals surface area contributed by atoms with Crippen LogP contribution in [0.2, 0.25) is 0 Å². The van der Waals surface area contributed by atoms with Crippen LogP contribution in [-0.4, -0.2) is 23.1 Å². The Morgan fingerprint density at radius 2 is 1.93 bits per heavy atom. The molecule has 0 spiro atoms. The molecule has 0 unspecified atom stereocenters. The minimum absolute atomic E-state index is 0.193. The van der Waals surface area contributed by atoms with Gasteiger partial charge in [0.2, 0.25) is 0 Å². The Morgan fingerprint density at radius 3 is 2.57 bits per heavy atom. The van der Waals surface area contributed by atoms with Crippen molar-refractivity contribution in [2.75, 3.05) is 23.7 Å². The number of hydrogen-bond donors (Lipinski definition) is 1. The van der Waals surface area contributed by atoms with Crippen molar-refractivity contribution in [3.05, 3.63) is 12.1 Å². The van der Waals surface area contributed by atoms with E-state index in [1.165, 1.54) is 6.42 Å². The summed E-state index contributed by atoms with van der Waals surface area (Å²) in [6.07, 6.45) is 2.75. The van der Waals surface area contributed by atoms with Crippen molar-refractivity contribution in [1.29, 1.82) is 0 Å². The minimum Gasteiger partial charge on any atom is -0.383 e. The van der Waals surface area contributed by atoms with Crippen molar-refractivity contribution in [2.45, 2.75) is 19.3 Å². The zero-order chi connectivity index (χ0) is 9.97. The lowest BCUT2D eigenvalue weighted by Crippen LogP contribution is -2.30. The predicted octanol–water partition coefficient (Wildman–Crippen LogP) is 1.19. The van der Waals surface area contributed by atoms with Crippen molar-refractivity contribution in [3.8, 4) is 0 Å². The van der Waals surface area contributed by atoms with E-state index >= 15 is 0 Å². The van der Waals surface area contributed by atoms with Gasteiger partial charge in [-0.3, -0.25) is 0 Å². The number of piperidine rings is 1. The second-order valence-corrected chi connectivity index (χ2v) is 3.47. The van der Waals surface area contributed by atoms with Crippen molar-refractivity contribution in [1.82, 2.24) is 9.97 Å². The van der Waals surface area contributed by atoms with E-state index in [4.69, 9.17) is 5.73 Å². The van der Waals surface area contributed by atoms with Gasteiger partial charge in [-0.15, -0.1) is 0 Å². The third-order valence-corrected chi connectivity index (χ3v) is 2.39. The monoisotopic (exact) mass is 196 g/mol. The van der Waals surface area contributed by atoms with E-state index in [0.29, 0.717) is 5.82 Å². The van der Waals surface area contributed by atoms with Crippen LogP contribution < -0.4 is 10.6 Å². The van der Waals surface area contributed by atoms with Crippen LogP contribution in [0.1, 0.15) is 19.3 Å². The fourth-order valence-electron chi connectivity index (χ4n) is 1.71. The Hall–Kier alpha value is -1.39. The van der Waals surface area contributed by atoms with Crippen molar-refractivity contribution >= 4 is 11.6 Å². The Kier molecular flexibility index (Phi) is 2.47. The van der Waals surface area contributed by atoms with Crippen LogP contribution in [0.15, 0.2) is 6.07 Å². The number of nitrogens with zero attached hydrogens (tertiary/aromatic N) is 3. The molecule has 0 aromatic carbocycles. The molecule has 4 nitrogen and oxygen atoms in total. The Labute approximate surface area is 82.0 Å². The average Bonchev–Trinajstić information content (AvgIpc) is 2.18. The molecule has 1 aromatic heterocycles. The van der Waals surface area contributed by atoms with Crippen LogP contribution in [0.4, 0.5) is 16.0 Å². The number of hydrogen-bond acceptors (Lipinski definition) is 4. The van der Waals surface area contributed by atoms with Crippen LogP contribution in [0, 0.1) is 6.08 Å². The maximum Gasteiger partial charge on any atom is 0.312 e. The highest BCUT2D eigenvalue weighted by molar-refractivity contribution is 5.46. The van der Waals surface area contributed by atoms with Crippen molar-refractivity contribution in [3.63, 3.8) is 0 Å². The van der Waals surface area contributed by atoms with E-state index in [2.05, 4.69) is 9.97 Å². The Balaban J connectivity index is 2.21. The summed E-state index contributed by atoms with van der Waals surface area (Å²) in [4.78, 5) is 9.17. The number of aromatic nitrogens is 2. The fourth-order valence-corrected chi connectivity index (χ4v) is 1.71. The lowest BCUT2D eigenvalue weighted by molar-refractivity contribution is 0.527. The lowest BCUT2D eigenvalue weighted by Gasteiger charge is -2.27. The molecule has 14 heavy (non-hydrogen) atoms. The molecule has 0 bridgehead atoms. The Morgan fingerprint density at radius 1 is 1.21 bits per heavy atom. The fraction of sp³-hybridized carbons (Fsp3) is 0.556. The number of nitrogens with two attached hydrogens (primary N) is 1. The van der Waals surface area contributed by atoms with E-state index in [0.717, 1.165) is 25.9 Å². The van der Waals surface area contributed by atoms with Gasteiger partial charge < -0.3 is 10.6 Å². The van der Waals surface area contributed by atoms with Crippen LogP contribution >= 0.6 is 0 Å². The third kappa shape index (κ3) is 1.92. The molecule has 76 valence electrons. The first-order valence-corrected chi connectivity index (χ1v) is 4.81. The maximum atomic E-state index is 12.9. The SMILES string of the molecule is Nc1cc(N2CCCCC2)nc(F)n1. The minimum atomic E-state index is -0.745. The average molecular weight is 196 g/mol. The summed E-state index contributed by atoms with van der Waals surface area (Å²) in [5, 5.41) is 0. The summed E-state index contributed by atoms with van der Waals surface area (Å²) in [5.74, 6) is 0.799. The first kappa shape index (κ1) is 9.18. The molecule has 2 heterocycles. The molecule has 2 rings (SSSR count). The molecule has 0 atom stereocenters. The molecule has 1 fully saturated rings. The summed E-state index contributed by atoms with van der Waals surface area (Å²) in [5.41, 5.74) is 5.45. The normalized spacial score (nSPS) is 17.1. The Bertz CT molecular complexity index is 302. The molecular weight excluding hydrogens is 183 g/mol. The number of anilines is 2. The van der Waals surface area contributed by atoms with Crippen molar-refractivity contribution < 1.29 is 4.39 Å². The van der Waals surface area contributed by atoms with Crippen LogP contribution in [0.3, 0.4) is 0 Å². The van der Waals surface area contributed by atoms with E-state index in [1.54, 1.807) is 6.07 Å². The summed E-state index contributed by atoms with van der Waals surface area (Å²) >= 11 is 0. The van der Waals surface area contributed by atoms with Gasteiger partial charge in [0, 0.05) is 19.2 Å². The first-order valence-electron chi connectivity index (χ1n) is 4.81. The second-order valence-electron chi connectivity index (χ2n) is 3.47. The summed E-state index contributed by atoms with van der Waals surface area (Å²) in [6.45, 7) is 1.85. The molecule has 1 aromatic rings. The van der Waals surface area contributed by atoms with Gasteiger partial charge in [-0.05, 0) is 19.3 Å². The third-order valence-electron chi connectivity index (χ3n) is 2.39. The summed E-state index contributed by atoms with van der Waals surface area (Å²) in [6, 6.07) is 1.62. The highest BCUT2D eigenvalue weighted by Gasteiger charge is 2.13. The van der Waals surface area contributed by atoms with Gasteiger partial charge in [-0.25, -0.2) is 0 Å². The zero-order valence-corrected chi connectivity index (χ0v) is 7.91. The molecule has 1 saturated heterocycles. The number of halogens is 1. The molecule has 0 radical (unpaired) electrons. The standard InChI is InChI=1S/C9H13FN4/c10-9-12-7(11)6-8(13-9)14-4-2-1-3-5-14/h6H,1-5H2,(H2,11,12,13). The molecule has 1 aliphatic rings. The lowest BCUT2D eigenvalue weighted by atomic mass is 10.1. The molecule has 1 aliphatic heterocycles. The van der Waals surface area contributed by atoms with Gasteiger partial charge in [-0.2, -0.15) is 14.4 Å². The molecular formula is C9H13FN4. The molecule has 0 amide bonds. The van der Waals surface area contributed by atoms with Gasteiger partial charge in [0.15, 0.2) is 0 Å². The van der Waals surface area contributed by atoms with E-state index in [-0.39, 0.29) is 5.82 Å². The van der Waals surface area contributed by atoms with Gasteiger partial charge in [0.1, 0.15) is 11.6 Å². The van der Waals surface area contributed by atoms with E-state index < -0.39 is 6.08 Å². The van der Waals surface area contributed by atoms with Gasteiger partial charge in [0.25, 0.3) is 0 Å². The number of nitrogen functional groups attached to an aromatic ring is 1. The van der Waals surface area contributed by atoms with Crippen molar-refractivity contribution in [2.24, 2.45) is 0 Å². The van der Waals surface area contributed by atoms with Crippen LogP contribution in [0.5, 0.6) is 0 Å². The highest BCUT2D eigenvalue weighted by atomic mass is 19.1. The van der Waals surface area contributed by atoms with E-state index in [1.807, 2.05) is 4.90 Å². The second kappa shape index (κ2) is 3.77. The van der Waals surface area contributed by atoms with Gasteiger partial charge in [0.05, 0.1) is 0 Å². The highest BCUT2D eigenvalue weighted by Crippen LogP contribution is 2.18. The largest absolute Gasteiger partial charge is 0.383 e. The predicted molar refractivity (Wildman–Crippen MR) is 52.5 cm³/mol. The molecule has 5 heteroatoms. The zero-order valence-electron chi connectivity index (χ0n) is 7.91. The van der Waals surface area contributed by atoms with Crippen LogP contribution in [-0.2, 0) is 0 Å². The first-order chi connectivity index (χ1) is 6.75. The smallest absolute Gasteiger partial charge is 0.312 e. The molecule has 0 aliphatic carbocycles. The van der Waals surface area contributed by atoms with Gasteiger partial charge >= 0.3 is 6.08 Å². The van der Waals surface area contributed by atoms with E-state index in [9.17, 15) is 4.39 Å². The number of rotatable bonds is 1. The van der Waals surface area contributed by atoms with Crippen LogP contribution in [0.25, 0.3) is 0 Å². The maximum absolute atomic E-state index is 12.9. The molecule has 0 saturated carbocycles. The summed E-state index contributed by atoms with van der Waals surface area (Å²) in [7, 11) is 0. The quantitative estimate of drug-likeness (QED) is 0.685. The molecule has 2 N–H and O–H groups in total. The van der Waals surface area contributed by atoms with Gasteiger partial charge in [-0.1, -0.05) is 0 Å². The summed E-state index contributed by atoms with van der Waals surface area (Å²) < 4.78 is 12.9. The topological polar surface area (TPSA) is 55.0 Å².